The van der Waals surface area contributed by atoms with Gasteiger partial charge in [-0.3, -0.25) is 5.73 Å². The predicted octanol–water partition coefficient (Wildman–Crippen LogP) is 3.80. The van der Waals surface area contributed by atoms with Crippen LogP contribution in [0, 0.1) is 0 Å². The molecule has 0 unspecified atom stereocenters. The van der Waals surface area contributed by atoms with Gasteiger partial charge in [0, 0.05) is 6.42 Å². The summed E-state index contributed by atoms with van der Waals surface area (Å²) < 4.78 is 11.2. The molecule has 0 bridgehead atoms. The molecule has 5 nitrogen and oxygen atoms in total. The molecular weight excluding hydrogens is 352 g/mol. The predicted molar refractivity (Wildman–Crippen MR) is 108 cm³/mol. The second-order valence-corrected chi connectivity index (χ2v) is 5.40. The highest BCUT2D eigenvalue weighted by molar-refractivity contribution is 6.34. The lowest BCUT2D eigenvalue weighted by Gasteiger charge is -2.11. The van der Waals surface area contributed by atoms with Gasteiger partial charge in [-0.2, -0.15) is 0 Å². The zero-order valence-corrected chi connectivity index (χ0v) is 16.6. The Bertz CT molecular complexity index is 640. The molecule has 0 spiro atoms. The molecule has 0 aliphatic rings. The molecule has 1 rings (SSSR count). The van der Waals surface area contributed by atoms with Gasteiger partial charge in [0.2, 0.25) is 0 Å². The number of hydrogen-bond acceptors (Lipinski definition) is 4. The van der Waals surface area contributed by atoms with Gasteiger partial charge < -0.3 is 15.2 Å². The zero-order valence-electron chi connectivity index (χ0n) is 15.9. The van der Waals surface area contributed by atoms with Gasteiger partial charge in [0.25, 0.3) is 0 Å². The van der Waals surface area contributed by atoms with Crippen LogP contribution in [0.1, 0.15) is 37.6 Å². The van der Waals surface area contributed by atoms with Gasteiger partial charge in [-0.25, -0.2) is 4.79 Å². The Morgan fingerprint density at radius 3 is 2.62 bits per heavy atom. The minimum Gasteiger partial charge on any atom is -0.492 e. The fourth-order valence-corrected chi connectivity index (χ4v) is 1.98. The SMILES string of the molecule is C=C/C(=C\C=C/C)COCCCOc1cc(C([NH3+])=O)cc(N)c1Cl.CC. The monoisotopic (exact) mass is 381 g/mol. The van der Waals surface area contributed by atoms with Crippen molar-refractivity contribution in [2.75, 3.05) is 25.6 Å². The number of hydrogen-bond donors (Lipinski definition) is 2. The number of quaternary nitrogens is 1. The average Bonchev–Trinajstić information content (AvgIpc) is 2.65. The Morgan fingerprint density at radius 2 is 2.04 bits per heavy atom. The van der Waals surface area contributed by atoms with Gasteiger partial charge in [0.15, 0.2) is 0 Å². The third-order valence-corrected chi connectivity index (χ3v) is 3.52. The van der Waals surface area contributed by atoms with E-state index in [4.69, 9.17) is 26.8 Å². The maximum absolute atomic E-state index is 11.3. The van der Waals surface area contributed by atoms with Crippen LogP contribution >= 0.6 is 11.6 Å². The van der Waals surface area contributed by atoms with E-state index in [1.807, 2.05) is 39.0 Å². The summed E-state index contributed by atoms with van der Waals surface area (Å²) in [6.07, 6.45) is 8.27. The minimum absolute atomic E-state index is 0.294. The number of nitrogens with two attached hydrogens (primary N) is 1. The molecule has 144 valence electrons. The van der Waals surface area contributed by atoms with Gasteiger partial charge in [-0.15, -0.1) is 0 Å². The van der Waals surface area contributed by atoms with Crippen LogP contribution in [0.15, 0.2) is 48.6 Å². The van der Waals surface area contributed by atoms with Crippen LogP contribution in [0.3, 0.4) is 0 Å². The highest BCUT2D eigenvalue weighted by atomic mass is 35.5. The van der Waals surface area contributed by atoms with Gasteiger partial charge in [0.1, 0.15) is 10.8 Å². The summed E-state index contributed by atoms with van der Waals surface area (Å²) in [4.78, 5) is 11.3. The lowest BCUT2D eigenvalue weighted by atomic mass is 10.2. The number of halogens is 1. The van der Waals surface area contributed by atoms with Crippen molar-refractivity contribution in [3.63, 3.8) is 0 Å². The van der Waals surface area contributed by atoms with E-state index in [0.717, 1.165) is 5.57 Å². The molecule has 0 aromatic heterocycles. The fourth-order valence-electron chi connectivity index (χ4n) is 1.81. The first-order chi connectivity index (χ1) is 12.5. The van der Waals surface area contributed by atoms with Gasteiger partial charge in [-0.05, 0) is 24.6 Å². The minimum atomic E-state index is -0.337. The number of nitrogen functional groups attached to an aromatic ring is 1. The molecule has 1 amide bonds. The molecule has 0 saturated heterocycles. The number of rotatable bonds is 10. The van der Waals surface area contributed by atoms with Crippen molar-refractivity contribution in [1.29, 1.82) is 0 Å². The first-order valence-corrected chi connectivity index (χ1v) is 8.97. The number of allylic oxidation sites excluding steroid dienone is 3. The molecule has 26 heavy (non-hydrogen) atoms. The van der Waals surface area contributed by atoms with Gasteiger partial charge in [0.05, 0.1) is 31.1 Å². The second kappa shape index (κ2) is 14.1. The summed E-state index contributed by atoms with van der Waals surface area (Å²) >= 11 is 6.08. The van der Waals surface area contributed by atoms with E-state index < -0.39 is 0 Å². The number of benzene rings is 1. The van der Waals surface area contributed by atoms with Crippen LogP contribution in [-0.4, -0.2) is 25.7 Å². The average molecular weight is 382 g/mol. The standard InChI is InChI=1S/C18H23ClN2O3.C2H6/c1-3-5-7-13(4-2)12-23-8-6-9-24-16-11-14(18(21)22)10-15(20)17(16)19;1-2/h3-5,7,10-11H,2,6,8-9,12,20H2,1H3,(H2,21,22);1-2H3/p+1/b5-3-,13-7+;. The van der Waals surface area contributed by atoms with Crippen molar-refractivity contribution in [3.8, 4) is 5.75 Å². The number of anilines is 1. The molecule has 0 aliphatic carbocycles. The summed E-state index contributed by atoms with van der Waals surface area (Å²) in [7, 11) is 0. The second-order valence-electron chi connectivity index (χ2n) is 5.03. The van der Waals surface area contributed by atoms with E-state index in [1.165, 1.54) is 6.07 Å². The molecule has 6 heteroatoms. The van der Waals surface area contributed by atoms with Crippen molar-refractivity contribution in [3.05, 3.63) is 59.2 Å². The van der Waals surface area contributed by atoms with E-state index in [-0.39, 0.29) is 5.91 Å². The summed E-state index contributed by atoms with van der Waals surface area (Å²) in [5.41, 5.74) is 10.8. The number of carbonyl (C=O) groups is 1. The molecule has 0 atom stereocenters. The van der Waals surface area contributed by atoms with Crippen LogP contribution in [-0.2, 0) is 4.74 Å². The van der Waals surface area contributed by atoms with E-state index in [2.05, 4.69) is 12.3 Å². The van der Waals surface area contributed by atoms with Crippen molar-refractivity contribution < 1.29 is 20.0 Å². The molecular formula is C20H30ClN2O3+. The summed E-state index contributed by atoms with van der Waals surface area (Å²) in [6, 6.07) is 3.03. The molecule has 0 fully saturated rings. The number of carbonyl (C=O) groups excluding carboxylic acids is 1. The van der Waals surface area contributed by atoms with Gasteiger partial charge >= 0.3 is 5.91 Å². The lowest BCUT2D eigenvalue weighted by molar-refractivity contribution is -0.255. The Labute approximate surface area is 161 Å². The summed E-state index contributed by atoms with van der Waals surface area (Å²) in [5, 5.41) is 0.296. The van der Waals surface area contributed by atoms with Crippen LogP contribution in [0.5, 0.6) is 5.75 Å². The van der Waals surface area contributed by atoms with Crippen molar-refractivity contribution in [2.24, 2.45) is 0 Å². The maximum atomic E-state index is 11.3. The Balaban J connectivity index is 0.00000301. The van der Waals surface area contributed by atoms with Crippen LogP contribution < -0.4 is 16.2 Å². The van der Waals surface area contributed by atoms with E-state index in [9.17, 15) is 4.79 Å². The number of amides is 1. The maximum Gasteiger partial charge on any atom is 0.341 e. The largest absolute Gasteiger partial charge is 0.492 e. The Kier molecular flexibility index (Phi) is 13.0. The summed E-state index contributed by atoms with van der Waals surface area (Å²) in [6.45, 7) is 11.1. The van der Waals surface area contributed by atoms with Crippen molar-refractivity contribution >= 4 is 23.2 Å². The van der Waals surface area contributed by atoms with E-state index in [0.29, 0.717) is 48.3 Å². The van der Waals surface area contributed by atoms with Gasteiger partial charge in [-0.1, -0.05) is 56.3 Å². The van der Waals surface area contributed by atoms with E-state index in [1.54, 1.807) is 12.1 Å². The normalized spacial score (nSPS) is 11.0. The summed E-state index contributed by atoms with van der Waals surface area (Å²) in [5.74, 6) is 0.0415. The molecule has 0 saturated carbocycles. The Morgan fingerprint density at radius 1 is 1.35 bits per heavy atom. The molecule has 1 aromatic rings. The molecule has 1 aromatic carbocycles. The fraction of sp³-hybridized carbons (Fsp3) is 0.350. The van der Waals surface area contributed by atoms with Crippen molar-refractivity contribution in [2.45, 2.75) is 27.2 Å². The lowest BCUT2D eigenvalue weighted by Crippen LogP contribution is -2.56. The third-order valence-electron chi connectivity index (χ3n) is 3.11. The van der Waals surface area contributed by atoms with Crippen molar-refractivity contribution in [1.82, 2.24) is 0 Å². The zero-order chi connectivity index (χ0) is 19.9. The molecule has 0 heterocycles. The van der Waals surface area contributed by atoms with E-state index >= 15 is 0 Å². The third kappa shape index (κ3) is 8.85. The highest BCUT2D eigenvalue weighted by Crippen LogP contribution is 2.31. The topological polar surface area (TPSA) is 89.2 Å². The van der Waals surface area contributed by atoms with Crippen LogP contribution in [0.2, 0.25) is 5.02 Å². The smallest absolute Gasteiger partial charge is 0.341 e. The Hall–Kier alpha value is -2.08. The first kappa shape index (κ1) is 23.9. The molecule has 0 aliphatic heterocycles. The molecule has 0 radical (unpaired) electrons. The number of ether oxygens (including phenoxy) is 2. The van der Waals surface area contributed by atoms with Crippen LogP contribution in [0.25, 0.3) is 0 Å². The van der Waals surface area contributed by atoms with Crippen LogP contribution in [0.4, 0.5) is 5.69 Å². The first-order valence-electron chi connectivity index (χ1n) is 8.59. The molecule has 5 N–H and O–H groups in total. The highest BCUT2D eigenvalue weighted by Gasteiger charge is 2.13. The quantitative estimate of drug-likeness (QED) is 0.366.